The van der Waals surface area contributed by atoms with E-state index in [0.29, 0.717) is 16.5 Å². The van der Waals surface area contributed by atoms with Gasteiger partial charge in [-0.1, -0.05) is 17.7 Å². The first-order chi connectivity index (χ1) is 14.4. The van der Waals surface area contributed by atoms with Gasteiger partial charge in [0.05, 0.1) is 21.3 Å². The molecular formula is C22H18ClIN2O4. The van der Waals surface area contributed by atoms with Gasteiger partial charge in [-0.15, -0.1) is 0 Å². The van der Waals surface area contributed by atoms with Gasteiger partial charge in [0.2, 0.25) is 0 Å². The molecule has 0 saturated heterocycles. The molecule has 0 saturated carbocycles. The van der Waals surface area contributed by atoms with Gasteiger partial charge in [-0.2, -0.15) is 0 Å². The van der Waals surface area contributed by atoms with E-state index in [1.165, 1.54) is 12.1 Å². The highest BCUT2D eigenvalue weighted by Crippen LogP contribution is 2.34. The van der Waals surface area contributed by atoms with Crippen LogP contribution in [0.5, 0.6) is 11.5 Å². The second kappa shape index (κ2) is 9.90. The zero-order valence-electron chi connectivity index (χ0n) is 16.3. The molecule has 3 aromatic carbocycles. The Bertz CT molecular complexity index is 1100. The van der Waals surface area contributed by atoms with Crippen LogP contribution in [-0.2, 0) is 6.61 Å². The Kier molecular flexibility index (Phi) is 7.28. The van der Waals surface area contributed by atoms with Gasteiger partial charge in [-0.3, -0.25) is 15.1 Å². The quantitative estimate of drug-likeness (QED) is 0.150. The summed E-state index contributed by atoms with van der Waals surface area (Å²) in [6.07, 6.45) is 1.75. The van der Waals surface area contributed by atoms with E-state index in [1.807, 2.05) is 37.3 Å². The molecule has 0 atom stereocenters. The van der Waals surface area contributed by atoms with Crippen molar-refractivity contribution in [1.82, 2.24) is 0 Å². The van der Waals surface area contributed by atoms with Crippen LogP contribution >= 0.6 is 34.2 Å². The van der Waals surface area contributed by atoms with Crippen LogP contribution in [-0.4, -0.2) is 18.2 Å². The topological polar surface area (TPSA) is 74.0 Å². The molecule has 0 unspecified atom stereocenters. The predicted molar refractivity (Wildman–Crippen MR) is 127 cm³/mol. The number of ether oxygens (including phenoxy) is 2. The van der Waals surface area contributed by atoms with Crippen molar-refractivity contribution in [2.24, 2.45) is 4.99 Å². The maximum absolute atomic E-state index is 10.8. The van der Waals surface area contributed by atoms with E-state index in [1.54, 1.807) is 25.5 Å². The summed E-state index contributed by atoms with van der Waals surface area (Å²) in [4.78, 5) is 14.9. The molecule has 0 aliphatic rings. The van der Waals surface area contributed by atoms with Gasteiger partial charge in [-0.25, -0.2) is 0 Å². The highest BCUT2D eigenvalue weighted by Gasteiger charge is 2.12. The van der Waals surface area contributed by atoms with Crippen LogP contribution in [0.3, 0.4) is 0 Å². The van der Waals surface area contributed by atoms with Gasteiger partial charge in [-0.05, 0) is 82.6 Å². The van der Waals surface area contributed by atoms with Crippen LogP contribution in [0.4, 0.5) is 11.4 Å². The lowest BCUT2D eigenvalue weighted by atomic mass is 10.2. The summed E-state index contributed by atoms with van der Waals surface area (Å²) in [7, 11) is 1.58. The number of nitrogens with zero attached hydrogens (tertiary/aromatic N) is 2. The molecule has 0 spiro atoms. The minimum atomic E-state index is -0.429. The monoisotopic (exact) mass is 536 g/mol. The average Bonchev–Trinajstić information content (AvgIpc) is 2.73. The molecule has 154 valence electrons. The van der Waals surface area contributed by atoms with Crippen molar-refractivity contribution in [3.63, 3.8) is 0 Å². The molecule has 30 heavy (non-hydrogen) atoms. The van der Waals surface area contributed by atoms with Gasteiger partial charge in [0.15, 0.2) is 11.5 Å². The SMILES string of the molecule is COc1cc(C=Nc2cc(Cl)ccc2C)cc(I)c1OCc1ccc([N+](=O)[O-])cc1. The number of benzene rings is 3. The smallest absolute Gasteiger partial charge is 0.269 e. The Hall–Kier alpha value is -2.65. The average molecular weight is 537 g/mol. The first-order valence-corrected chi connectivity index (χ1v) is 10.4. The summed E-state index contributed by atoms with van der Waals surface area (Å²) in [5, 5.41) is 11.4. The van der Waals surface area contributed by atoms with E-state index >= 15 is 0 Å². The normalized spacial score (nSPS) is 10.9. The Morgan fingerprint density at radius 3 is 2.57 bits per heavy atom. The van der Waals surface area contributed by atoms with Gasteiger partial charge in [0, 0.05) is 23.4 Å². The molecule has 3 rings (SSSR count). The highest BCUT2D eigenvalue weighted by atomic mass is 127. The van der Waals surface area contributed by atoms with Gasteiger partial charge in [0.25, 0.3) is 5.69 Å². The fourth-order valence-corrected chi connectivity index (χ4v) is 3.64. The largest absolute Gasteiger partial charge is 0.493 e. The van der Waals surface area contributed by atoms with Crippen LogP contribution < -0.4 is 9.47 Å². The van der Waals surface area contributed by atoms with Crippen LogP contribution in [0.1, 0.15) is 16.7 Å². The number of rotatable bonds is 7. The number of nitro benzene ring substituents is 1. The fraction of sp³-hybridized carbons (Fsp3) is 0.136. The number of hydrogen-bond acceptors (Lipinski definition) is 5. The van der Waals surface area contributed by atoms with Crippen molar-refractivity contribution in [3.8, 4) is 11.5 Å². The van der Waals surface area contributed by atoms with Crippen LogP contribution in [0.25, 0.3) is 0 Å². The van der Waals surface area contributed by atoms with Crippen molar-refractivity contribution in [3.05, 3.63) is 90.0 Å². The van der Waals surface area contributed by atoms with Gasteiger partial charge in [0.1, 0.15) is 6.61 Å². The molecule has 0 amide bonds. The summed E-state index contributed by atoms with van der Waals surface area (Å²) >= 11 is 8.24. The maximum atomic E-state index is 10.8. The molecule has 8 heteroatoms. The summed E-state index contributed by atoms with van der Waals surface area (Å²) in [6, 6.07) is 15.6. The number of aryl methyl sites for hydroxylation is 1. The van der Waals surface area contributed by atoms with E-state index in [-0.39, 0.29) is 12.3 Å². The summed E-state index contributed by atoms with van der Waals surface area (Å²) in [6.45, 7) is 2.24. The number of halogens is 2. The lowest BCUT2D eigenvalue weighted by molar-refractivity contribution is -0.384. The maximum Gasteiger partial charge on any atom is 0.269 e. The van der Waals surface area contributed by atoms with Gasteiger partial charge >= 0.3 is 0 Å². The molecule has 0 heterocycles. The van der Waals surface area contributed by atoms with E-state index in [4.69, 9.17) is 21.1 Å². The Balaban J connectivity index is 1.79. The minimum absolute atomic E-state index is 0.0458. The van der Waals surface area contributed by atoms with Crippen molar-refractivity contribution >= 4 is 51.8 Å². The van der Waals surface area contributed by atoms with Crippen molar-refractivity contribution in [1.29, 1.82) is 0 Å². The first-order valence-electron chi connectivity index (χ1n) is 8.91. The Labute approximate surface area is 192 Å². The molecule has 0 bridgehead atoms. The van der Waals surface area contributed by atoms with E-state index in [9.17, 15) is 10.1 Å². The Morgan fingerprint density at radius 2 is 1.90 bits per heavy atom. The third-order valence-corrected chi connectivity index (χ3v) is 5.34. The molecule has 0 fully saturated rings. The molecule has 0 radical (unpaired) electrons. The van der Waals surface area contributed by atoms with E-state index in [0.717, 1.165) is 25.9 Å². The van der Waals surface area contributed by atoms with Crippen molar-refractivity contribution in [2.45, 2.75) is 13.5 Å². The third-order valence-electron chi connectivity index (χ3n) is 4.31. The van der Waals surface area contributed by atoms with Crippen LogP contribution in [0.15, 0.2) is 59.6 Å². The predicted octanol–water partition coefficient (Wildman–Crippen LogP) is 6.50. The summed E-state index contributed by atoms with van der Waals surface area (Å²) in [5.41, 5.74) is 3.55. The number of hydrogen-bond donors (Lipinski definition) is 0. The highest BCUT2D eigenvalue weighted by molar-refractivity contribution is 14.1. The van der Waals surface area contributed by atoms with Crippen LogP contribution in [0.2, 0.25) is 5.02 Å². The Morgan fingerprint density at radius 1 is 1.17 bits per heavy atom. The minimum Gasteiger partial charge on any atom is -0.493 e. The zero-order chi connectivity index (χ0) is 21.7. The standard InChI is InChI=1S/C22H18ClIN2O4/c1-14-3-6-17(23)11-20(14)25-12-16-9-19(24)22(21(10-16)29-2)30-13-15-4-7-18(8-5-15)26(27)28/h3-12H,13H2,1-2H3. The molecule has 3 aromatic rings. The number of nitro groups is 1. The number of non-ortho nitro benzene ring substituents is 1. The number of methoxy groups -OCH3 is 1. The number of aliphatic imine (C=N–C) groups is 1. The van der Waals surface area contributed by atoms with Crippen molar-refractivity contribution < 1.29 is 14.4 Å². The molecule has 0 aliphatic carbocycles. The fourth-order valence-electron chi connectivity index (χ4n) is 2.69. The summed E-state index contributed by atoms with van der Waals surface area (Å²) < 4.78 is 12.3. The van der Waals surface area contributed by atoms with Gasteiger partial charge < -0.3 is 9.47 Å². The molecule has 0 N–H and O–H groups in total. The summed E-state index contributed by atoms with van der Waals surface area (Å²) in [5.74, 6) is 1.18. The van der Waals surface area contributed by atoms with E-state index < -0.39 is 4.92 Å². The lowest BCUT2D eigenvalue weighted by Crippen LogP contribution is -2.01. The van der Waals surface area contributed by atoms with E-state index in [2.05, 4.69) is 27.6 Å². The molecule has 0 aliphatic heterocycles. The zero-order valence-corrected chi connectivity index (χ0v) is 19.2. The lowest BCUT2D eigenvalue weighted by Gasteiger charge is -2.13. The molecular weight excluding hydrogens is 519 g/mol. The second-order valence-electron chi connectivity index (χ2n) is 6.44. The first kappa shape index (κ1) is 22.0. The third kappa shape index (κ3) is 5.48. The molecule has 0 aromatic heterocycles. The van der Waals surface area contributed by atoms with Crippen LogP contribution in [0, 0.1) is 20.6 Å². The second-order valence-corrected chi connectivity index (χ2v) is 8.03. The molecule has 6 nitrogen and oxygen atoms in total. The van der Waals surface area contributed by atoms with Crippen molar-refractivity contribution in [2.75, 3.05) is 7.11 Å².